The fourth-order valence-corrected chi connectivity index (χ4v) is 5.61. The molecule has 0 bridgehead atoms. The Morgan fingerprint density at radius 2 is 1.37 bits per heavy atom. The van der Waals surface area contributed by atoms with Gasteiger partial charge in [-0.15, -0.1) is 5.39 Å². The van der Waals surface area contributed by atoms with E-state index in [1.165, 1.54) is 10.8 Å². The first-order valence-electron chi connectivity index (χ1n) is 13.3. The second kappa shape index (κ2) is 10.3. The topological polar surface area (TPSA) is 26.6 Å². The molecule has 0 fully saturated rings. The van der Waals surface area contributed by atoms with E-state index in [0.29, 0.717) is 0 Å². The summed E-state index contributed by atoms with van der Waals surface area (Å²) in [4.78, 5) is 5.22. The summed E-state index contributed by atoms with van der Waals surface area (Å²) in [7, 11) is 0. The molecule has 8 aromatic rings. The van der Waals surface area contributed by atoms with Crippen molar-refractivity contribution < 1.29 is 25.6 Å². The molecule has 0 aliphatic heterocycles. The maximum atomic E-state index is 5.22. The summed E-state index contributed by atoms with van der Waals surface area (Å²) in [6.45, 7) is 0. The standard InChI is InChI=1S/C36H22N4.Pt/c1-2-13-26(14-3-1)38-25-39(35-23-11-10-22-34(35)38)31-19-7-6-17-29(31)30-18-12-24-36(37-30)40-32-20-8-4-15-27(32)28-16-5-9-21-33(28)40;/h1-13,15-20,22-24H;/q-2;. The van der Waals surface area contributed by atoms with Gasteiger partial charge in [0.15, 0.2) is 0 Å². The molecule has 3 aromatic heterocycles. The molecular formula is C36H22N4Pt-2. The average molecular weight is 706 g/mol. The number of imidazole rings is 1. The normalized spacial score (nSPS) is 11.2. The van der Waals surface area contributed by atoms with E-state index in [4.69, 9.17) is 4.98 Å². The van der Waals surface area contributed by atoms with Gasteiger partial charge in [-0.25, -0.2) is 4.98 Å². The van der Waals surface area contributed by atoms with E-state index >= 15 is 0 Å². The van der Waals surface area contributed by atoms with Gasteiger partial charge in [0.2, 0.25) is 0 Å². The minimum Gasteiger partial charge on any atom is -0.319 e. The Balaban J connectivity index is 0.00000276. The minimum absolute atomic E-state index is 0. The van der Waals surface area contributed by atoms with Crippen LogP contribution in [0.4, 0.5) is 0 Å². The van der Waals surface area contributed by atoms with Crippen molar-refractivity contribution in [3.8, 4) is 28.5 Å². The first-order valence-corrected chi connectivity index (χ1v) is 13.3. The molecule has 0 N–H and O–H groups in total. The zero-order chi connectivity index (χ0) is 26.5. The molecule has 0 saturated carbocycles. The van der Waals surface area contributed by atoms with E-state index in [0.717, 1.165) is 50.5 Å². The largest absolute Gasteiger partial charge is 0.319 e. The number of aromatic nitrogens is 4. The summed E-state index contributed by atoms with van der Waals surface area (Å²) in [6.07, 6.45) is 3.59. The molecule has 3 heterocycles. The van der Waals surface area contributed by atoms with Crippen LogP contribution < -0.4 is 4.57 Å². The van der Waals surface area contributed by atoms with Crippen LogP contribution in [0.5, 0.6) is 0 Å². The summed E-state index contributed by atoms with van der Waals surface area (Å²) >= 11 is 0. The molecule has 0 saturated heterocycles. The Kier molecular flexibility index (Phi) is 6.34. The summed E-state index contributed by atoms with van der Waals surface area (Å²) in [5.41, 5.74) is 8.11. The van der Waals surface area contributed by atoms with Crippen molar-refractivity contribution in [2.24, 2.45) is 0 Å². The summed E-state index contributed by atoms with van der Waals surface area (Å²) in [5.74, 6) is 0.858. The fourth-order valence-electron chi connectivity index (χ4n) is 5.61. The van der Waals surface area contributed by atoms with E-state index in [1.807, 2.05) is 36.4 Å². The van der Waals surface area contributed by atoms with E-state index in [-0.39, 0.29) is 21.1 Å². The molecule has 0 unspecified atom stereocenters. The Morgan fingerprint density at radius 1 is 0.610 bits per heavy atom. The third-order valence-corrected chi connectivity index (χ3v) is 7.37. The van der Waals surface area contributed by atoms with Crippen molar-refractivity contribution in [3.63, 3.8) is 0 Å². The maximum Gasteiger partial charge on any atom is 0.268 e. The van der Waals surface area contributed by atoms with Crippen molar-refractivity contribution in [2.45, 2.75) is 0 Å². The maximum absolute atomic E-state index is 5.22. The van der Waals surface area contributed by atoms with Crippen LogP contribution in [0.2, 0.25) is 0 Å². The third kappa shape index (κ3) is 4.11. The average Bonchev–Trinajstić information content (AvgIpc) is 3.58. The first kappa shape index (κ1) is 25.2. The van der Waals surface area contributed by atoms with Gasteiger partial charge in [-0.05, 0) is 35.3 Å². The quantitative estimate of drug-likeness (QED) is 0.138. The fraction of sp³-hybridized carbons (Fsp3) is 0. The number of pyridine rings is 1. The molecule has 0 amide bonds. The number of nitrogens with zero attached hydrogens (tertiary/aromatic N) is 4. The minimum atomic E-state index is 0. The van der Waals surface area contributed by atoms with Gasteiger partial charge >= 0.3 is 0 Å². The first-order chi connectivity index (χ1) is 19.9. The van der Waals surface area contributed by atoms with Gasteiger partial charge in [0.05, 0.1) is 22.4 Å². The van der Waals surface area contributed by atoms with Gasteiger partial charge in [0.25, 0.3) is 6.33 Å². The molecule has 5 heteroatoms. The number of benzene rings is 5. The second-order valence-corrected chi connectivity index (χ2v) is 9.69. The molecular weight excluding hydrogens is 684 g/mol. The van der Waals surface area contributed by atoms with E-state index in [9.17, 15) is 0 Å². The van der Waals surface area contributed by atoms with Crippen molar-refractivity contribution in [3.05, 3.63) is 152 Å². The van der Waals surface area contributed by atoms with Crippen LogP contribution in [-0.2, 0) is 21.1 Å². The number of hydrogen-bond donors (Lipinski definition) is 0. The molecule has 0 aliphatic rings. The predicted molar refractivity (Wildman–Crippen MR) is 159 cm³/mol. The van der Waals surface area contributed by atoms with E-state index in [2.05, 4.69) is 129 Å². The van der Waals surface area contributed by atoms with Crippen molar-refractivity contribution >= 4 is 32.8 Å². The monoisotopic (exact) mass is 705 g/mol. The van der Waals surface area contributed by atoms with Crippen LogP contribution in [0.3, 0.4) is 0 Å². The van der Waals surface area contributed by atoms with Crippen molar-refractivity contribution in [1.82, 2.24) is 14.1 Å². The molecule has 0 aliphatic carbocycles. The van der Waals surface area contributed by atoms with Gasteiger partial charge in [-0.2, -0.15) is 54.6 Å². The van der Waals surface area contributed by atoms with Gasteiger partial charge < -0.3 is 9.13 Å². The molecule has 198 valence electrons. The Labute approximate surface area is 252 Å². The van der Waals surface area contributed by atoms with Crippen LogP contribution in [0.25, 0.3) is 61.3 Å². The molecule has 0 spiro atoms. The summed E-state index contributed by atoms with van der Waals surface area (Å²) in [6, 6.07) is 52.3. The molecule has 8 rings (SSSR count). The Bertz CT molecular complexity index is 2120. The third-order valence-electron chi connectivity index (χ3n) is 7.37. The Hall–Kier alpha value is -4.79. The van der Waals surface area contributed by atoms with E-state index < -0.39 is 0 Å². The molecule has 0 radical (unpaired) electrons. The number of fused-ring (bicyclic) bond motifs is 4. The SMILES string of the molecule is [Pt].[c-]1ccccc1-n1[c-][n+](-c2ccccc2-c2cccc(-n3c4[c-]cccc4c4ccccc43)n2)c2ccccc21. The Morgan fingerprint density at radius 3 is 2.27 bits per heavy atom. The molecule has 4 nitrogen and oxygen atoms in total. The van der Waals surface area contributed by atoms with Crippen LogP contribution in [0.15, 0.2) is 133 Å². The number of para-hydroxylation sites is 6. The zero-order valence-corrected chi connectivity index (χ0v) is 24.1. The van der Waals surface area contributed by atoms with Gasteiger partial charge in [0, 0.05) is 32.1 Å². The molecule has 0 atom stereocenters. The van der Waals surface area contributed by atoms with Crippen molar-refractivity contribution in [1.29, 1.82) is 0 Å². The van der Waals surface area contributed by atoms with E-state index in [1.54, 1.807) is 0 Å². The number of hydrogen-bond acceptors (Lipinski definition) is 1. The van der Waals surface area contributed by atoms with Crippen LogP contribution in [0.1, 0.15) is 0 Å². The van der Waals surface area contributed by atoms with Crippen LogP contribution >= 0.6 is 0 Å². The molecule has 5 aromatic carbocycles. The number of rotatable bonds is 4. The smallest absolute Gasteiger partial charge is 0.268 e. The predicted octanol–water partition coefficient (Wildman–Crippen LogP) is 7.46. The van der Waals surface area contributed by atoms with Gasteiger partial charge in [-0.3, -0.25) is 4.57 Å². The van der Waals surface area contributed by atoms with Gasteiger partial charge in [-0.1, -0.05) is 72.2 Å². The van der Waals surface area contributed by atoms with Crippen LogP contribution in [0, 0.1) is 18.5 Å². The van der Waals surface area contributed by atoms with Crippen molar-refractivity contribution in [2.75, 3.05) is 0 Å². The summed E-state index contributed by atoms with van der Waals surface area (Å²) in [5, 5.41) is 2.36. The van der Waals surface area contributed by atoms with Crippen LogP contribution in [-0.4, -0.2) is 14.1 Å². The van der Waals surface area contributed by atoms with Gasteiger partial charge in [0.1, 0.15) is 5.82 Å². The zero-order valence-electron chi connectivity index (χ0n) is 21.8. The molecule has 41 heavy (non-hydrogen) atoms. The summed E-state index contributed by atoms with van der Waals surface area (Å²) < 4.78 is 6.38. The second-order valence-electron chi connectivity index (χ2n) is 9.69.